The van der Waals surface area contributed by atoms with E-state index in [1.54, 1.807) is 4.90 Å². The number of nitrogens with one attached hydrogen (secondary N) is 2. The molecule has 0 saturated carbocycles. The van der Waals surface area contributed by atoms with Gasteiger partial charge in [-0.15, -0.1) is 0 Å². The fourth-order valence-electron chi connectivity index (χ4n) is 4.06. The Hall–Kier alpha value is -2.66. The van der Waals surface area contributed by atoms with Crippen LogP contribution in [0.4, 0.5) is 0 Å². The van der Waals surface area contributed by atoms with Crippen LogP contribution in [-0.4, -0.2) is 41.4 Å². The lowest BCUT2D eigenvalue weighted by molar-refractivity contribution is -0.147. The minimum absolute atomic E-state index is 0.0312. The first-order valence-corrected chi connectivity index (χ1v) is 9.54. The van der Waals surface area contributed by atoms with Crippen molar-refractivity contribution in [3.05, 3.63) is 71.3 Å². The Morgan fingerprint density at radius 3 is 2.59 bits per heavy atom. The third-order valence-electron chi connectivity index (χ3n) is 5.63. The van der Waals surface area contributed by atoms with E-state index in [1.165, 1.54) is 11.1 Å². The van der Waals surface area contributed by atoms with Crippen molar-refractivity contribution in [3.8, 4) is 0 Å². The number of aryl methyl sites for hydroxylation is 1. The van der Waals surface area contributed by atoms with Crippen molar-refractivity contribution < 1.29 is 9.59 Å². The van der Waals surface area contributed by atoms with Crippen LogP contribution < -0.4 is 10.6 Å². The van der Waals surface area contributed by atoms with Crippen LogP contribution in [0.5, 0.6) is 0 Å². The molecule has 0 unspecified atom stereocenters. The number of fused-ring (bicyclic) bond motifs is 1. The van der Waals surface area contributed by atoms with E-state index in [9.17, 15) is 9.59 Å². The van der Waals surface area contributed by atoms with Gasteiger partial charge in [-0.05, 0) is 30.0 Å². The van der Waals surface area contributed by atoms with Crippen LogP contribution in [-0.2, 0) is 22.6 Å². The third-order valence-corrected chi connectivity index (χ3v) is 5.63. The maximum atomic E-state index is 12.9. The molecule has 5 heteroatoms. The summed E-state index contributed by atoms with van der Waals surface area (Å²) in [6.07, 6.45) is 1.21. The highest BCUT2D eigenvalue weighted by Crippen LogP contribution is 2.24. The fourth-order valence-corrected chi connectivity index (χ4v) is 4.06. The highest BCUT2D eigenvalue weighted by Gasteiger charge is 2.46. The van der Waals surface area contributed by atoms with Gasteiger partial charge >= 0.3 is 0 Å². The average Bonchev–Trinajstić information content (AvgIpc) is 3.11. The highest BCUT2D eigenvalue weighted by atomic mass is 16.2. The molecule has 2 aromatic carbocycles. The summed E-state index contributed by atoms with van der Waals surface area (Å²) in [5.74, 6) is -0.000586. The summed E-state index contributed by atoms with van der Waals surface area (Å²) >= 11 is 0. The second-order valence-electron chi connectivity index (χ2n) is 7.50. The quantitative estimate of drug-likeness (QED) is 0.852. The molecule has 2 aliphatic rings. The zero-order valence-electron chi connectivity index (χ0n) is 15.5. The number of benzene rings is 2. The molecule has 27 heavy (non-hydrogen) atoms. The van der Waals surface area contributed by atoms with Crippen molar-refractivity contribution in [2.75, 3.05) is 6.54 Å². The van der Waals surface area contributed by atoms with E-state index in [4.69, 9.17) is 0 Å². The number of hydrogen-bond acceptors (Lipinski definition) is 3. The SMILES string of the molecule is Cc1ccccc1CN[C@H]1C[C@H]2C(=O)N[C@H](Cc3ccccc3)C(=O)N2C1. The molecule has 2 saturated heterocycles. The number of rotatable bonds is 5. The van der Waals surface area contributed by atoms with Crippen LogP contribution in [0.1, 0.15) is 23.1 Å². The minimum Gasteiger partial charge on any atom is -0.342 e. The van der Waals surface area contributed by atoms with Gasteiger partial charge in [-0.25, -0.2) is 0 Å². The maximum Gasteiger partial charge on any atom is 0.246 e. The average molecular weight is 363 g/mol. The number of nitrogens with zero attached hydrogens (tertiary/aromatic N) is 1. The van der Waals surface area contributed by atoms with Gasteiger partial charge in [-0.2, -0.15) is 0 Å². The molecule has 4 rings (SSSR count). The molecule has 2 heterocycles. The molecule has 0 radical (unpaired) electrons. The summed E-state index contributed by atoms with van der Waals surface area (Å²) in [5.41, 5.74) is 3.56. The Labute approximate surface area is 159 Å². The predicted molar refractivity (Wildman–Crippen MR) is 104 cm³/mol. The highest BCUT2D eigenvalue weighted by molar-refractivity contribution is 5.97. The molecule has 2 amide bonds. The molecular formula is C22H25N3O2. The van der Waals surface area contributed by atoms with Gasteiger partial charge in [0.1, 0.15) is 12.1 Å². The van der Waals surface area contributed by atoms with E-state index in [1.807, 2.05) is 42.5 Å². The number of piperazine rings is 1. The van der Waals surface area contributed by atoms with Gasteiger partial charge in [0.25, 0.3) is 0 Å². The summed E-state index contributed by atoms with van der Waals surface area (Å²) in [6, 6.07) is 17.4. The zero-order valence-corrected chi connectivity index (χ0v) is 15.5. The van der Waals surface area contributed by atoms with Crippen LogP contribution in [0.2, 0.25) is 0 Å². The van der Waals surface area contributed by atoms with Gasteiger partial charge in [0.2, 0.25) is 11.8 Å². The monoisotopic (exact) mass is 363 g/mol. The molecule has 2 fully saturated rings. The van der Waals surface area contributed by atoms with Gasteiger partial charge in [-0.3, -0.25) is 9.59 Å². The second-order valence-corrected chi connectivity index (χ2v) is 7.50. The van der Waals surface area contributed by atoms with Crippen molar-refractivity contribution in [1.29, 1.82) is 0 Å². The normalized spacial score (nSPS) is 24.6. The standard InChI is InChI=1S/C22H25N3O2/c1-15-7-5-6-10-17(15)13-23-18-12-20-21(26)24-19(22(27)25(20)14-18)11-16-8-3-2-4-9-16/h2-10,18-20,23H,11-14H2,1H3,(H,24,26)/t18-,19+,20-/m0/s1. The smallest absolute Gasteiger partial charge is 0.246 e. The first-order valence-electron chi connectivity index (χ1n) is 9.54. The van der Waals surface area contributed by atoms with E-state index >= 15 is 0 Å². The van der Waals surface area contributed by atoms with Crippen LogP contribution in [0, 0.1) is 6.92 Å². The molecular weight excluding hydrogens is 338 g/mol. The van der Waals surface area contributed by atoms with E-state index in [0.29, 0.717) is 19.4 Å². The van der Waals surface area contributed by atoms with Crippen molar-refractivity contribution in [3.63, 3.8) is 0 Å². The largest absolute Gasteiger partial charge is 0.342 e. The van der Waals surface area contributed by atoms with Crippen LogP contribution in [0.15, 0.2) is 54.6 Å². The van der Waals surface area contributed by atoms with Gasteiger partial charge in [0, 0.05) is 25.6 Å². The molecule has 2 N–H and O–H groups in total. The number of hydrogen-bond donors (Lipinski definition) is 2. The molecule has 0 aromatic heterocycles. The van der Waals surface area contributed by atoms with Gasteiger partial charge in [-0.1, -0.05) is 54.6 Å². The van der Waals surface area contributed by atoms with E-state index in [0.717, 1.165) is 12.1 Å². The Balaban J connectivity index is 1.40. The first-order chi connectivity index (χ1) is 13.1. The molecule has 0 aliphatic carbocycles. The summed E-state index contributed by atoms with van der Waals surface area (Å²) in [5, 5.41) is 6.46. The van der Waals surface area contributed by atoms with Crippen molar-refractivity contribution in [2.45, 2.75) is 44.4 Å². The van der Waals surface area contributed by atoms with Crippen LogP contribution >= 0.6 is 0 Å². The second kappa shape index (κ2) is 7.53. The number of carbonyl (C=O) groups excluding carboxylic acids is 2. The predicted octanol–water partition coefficient (Wildman–Crippen LogP) is 1.80. The molecule has 2 aromatic rings. The van der Waals surface area contributed by atoms with E-state index < -0.39 is 6.04 Å². The Kier molecular flexibility index (Phi) is 4.94. The van der Waals surface area contributed by atoms with E-state index in [2.05, 4.69) is 29.7 Å². The van der Waals surface area contributed by atoms with Crippen molar-refractivity contribution >= 4 is 11.8 Å². The third kappa shape index (κ3) is 3.74. The molecule has 140 valence electrons. The van der Waals surface area contributed by atoms with Gasteiger partial charge in [0.05, 0.1) is 0 Å². The number of amides is 2. The minimum atomic E-state index is -0.466. The Morgan fingerprint density at radius 2 is 1.81 bits per heavy atom. The van der Waals surface area contributed by atoms with Crippen LogP contribution in [0.25, 0.3) is 0 Å². The van der Waals surface area contributed by atoms with Gasteiger partial charge in [0.15, 0.2) is 0 Å². The summed E-state index contributed by atoms with van der Waals surface area (Å²) < 4.78 is 0. The maximum absolute atomic E-state index is 12.9. The lowest BCUT2D eigenvalue weighted by Crippen LogP contribution is -2.61. The van der Waals surface area contributed by atoms with Crippen molar-refractivity contribution in [1.82, 2.24) is 15.5 Å². The zero-order chi connectivity index (χ0) is 18.8. The van der Waals surface area contributed by atoms with E-state index in [-0.39, 0.29) is 23.9 Å². The fraction of sp³-hybridized carbons (Fsp3) is 0.364. The Bertz CT molecular complexity index is 836. The molecule has 0 spiro atoms. The summed E-state index contributed by atoms with van der Waals surface area (Å²) in [4.78, 5) is 27.2. The van der Waals surface area contributed by atoms with Gasteiger partial charge < -0.3 is 15.5 Å². The summed E-state index contributed by atoms with van der Waals surface area (Å²) in [6.45, 7) is 3.44. The van der Waals surface area contributed by atoms with Crippen molar-refractivity contribution in [2.24, 2.45) is 0 Å². The lowest BCUT2D eigenvalue weighted by atomic mass is 10.0. The van der Waals surface area contributed by atoms with Crippen LogP contribution in [0.3, 0.4) is 0 Å². The first kappa shape index (κ1) is 17.7. The molecule has 3 atom stereocenters. The molecule has 5 nitrogen and oxygen atoms in total. The topological polar surface area (TPSA) is 61.4 Å². The Morgan fingerprint density at radius 1 is 1.07 bits per heavy atom. The number of carbonyl (C=O) groups is 2. The summed E-state index contributed by atoms with van der Waals surface area (Å²) in [7, 11) is 0. The lowest BCUT2D eigenvalue weighted by Gasteiger charge is -2.34. The molecule has 0 bridgehead atoms. The molecule has 2 aliphatic heterocycles.